The molecular formula is C19H17N3O7. The van der Waals surface area contributed by atoms with Crippen LogP contribution < -0.4 is 5.32 Å². The van der Waals surface area contributed by atoms with E-state index in [1.165, 1.54) is 48.5 Å². The number of nitrogens with zero attached hydrogens (tertiary/aromatic N) is 2. The summed E-state index contributed by atoms with van der Waals surface area (Å²) in [4.78, 5) is 37.5. The van der Waals surface area contributed by atoms with Crippen molar-refractivity contribution in [3.8, 4) is 11.5 Å². The molecule has 0 radical (unpaired) electrons. The summed E-state index contributed by atoms with van der Waals surface area (Å²) in [6.45, 7) is -0.0588. The van der Waals surface area contributed by atoms with Crippen molar-refractivity contribution in [2.75, 3.05) is 6.54 Å². The third kappa shape index (κ3) is 3.95. The standard InChI is InChI=1S/C19H17N3O7/c23-12-5-1-10(2-6-12)15(21-29)17(25)20-14-9-22(18(14)26)16(19(27)28)11-3-7-13(24)8-4-11/h1-8,14,16,23-24,29H,9H2,(H,20,25)(H,27,28)/b21-15+/t14-,16?/m0/s1. The van der Waals surface area contributed by atoms with Gasteiger partial charge in [-0.05, 0) is 42.0 Å². The Balaban J connectivity index is 1.69. The van der Waals surface area contributed by atoms with E-state index < -0.39 is 29.9 Å². The minimum absolute atomic E-state index is 0.0368. The van der Waals surface area contributed by atoms with Crippen LogP contribution in [0.25, 0.3) is 0 Å². The molecule has 2 amide bonds. The molecule has 10 nitrogen and oxygen atoms in total. The van der Waals surface area contributed by atoms with Crippen LogP contribution in [0, 0.1) is 0 Å². The highest BCUT2D eigenvalue weighted by Crippen LogP contribution is 2.28. The van der Waals surface area contributed by atoms with E-state index in [4.69, 9.17) is 5.21 Å². The molecule has 150 valence electrons. The fourth-order valence-electron chi connectivity index (χ4n) is 2.99. The van der Waals surface area contributed by atoms with Gasteiger partial charge in [0.25, 0.3) is 5.91 Å². The first-order valence-electron chi connectivity index (χ1n) is 8.46. The van der Waals surface area contributed by atoms with Gasteiger partial charge < -0.3 is 30.7 Å². The summed E-state index contributed by atoms with van der Waals surface area (Å²) in [5, 5.41) is 42.6. The number of amides is 2. The second-order valence-electron chi connectivity index (χ2n) is 6.34. The predicted octanol–water partition coefficient (Wildman–Crippen LogP) is 0.429. The molecule has 1 heterocycles. The summed E-state index contributed by atoms with van der Waals surface area (Å²) in [5.41, 5.74) is 0.165. The predicted molar refractivity (Wildman–Crippen MR) is 98.6 cm³/mol. The second-order valence-corrected chi connectivity index (χ2v) is 6.34. The van der Waals surface area contributed by atoms with Gasteiger partial charge in [0.15, 0.2) is 11.8 Å². The zero-order valence-corrected chi connectivity index (χ0v) is 14.9. The Bertz CT molecular complexity index is 970. The van der Waals surface area contributed by atoms with Gasteiger partial charge in [0.2, 0.25) is 5.91 Å². The van der Waals surface area contributed by atoms with Crippen molar-refractivity contribution in [2.45, 2.75) is 12.1 Å². The van der Waals surface area contributed by atoms with E-state index in [1.54, 1.807) is 0 Å². The molecule has 0 bridgehead atoms. The lowest BCUT2D eigenvalue weighted by molar-refractivity contribution is -0.160. The van der Waals surface area contributed by atoms with Gasteiger partial charge >= 0.3 is 5.97 Å². The largest absolute Gasteiger partial charge is 0.508 e. The first-order valence-corrected chi connectivity index (χ1v) is 8.46. The number of carbonyl (C=O) groups is 3. The molecule has 1 aliphatic rings. The van der Waals surface area contributed by atoms with E-state index in [0.29, 0.717) is 5.56 Å². The molecule has 2 aromatic rings. The number of phenolic OH excluding ortho intramolecular Hbond substituents is 2. The number of carboxylic acid groups (broad SMARTS) is 1. The van der Waals surface area contributed by atoms with Crippen LogP contribution in [-0.4, -0.2) is 61.5 Å². The zero-order valence-electron chi connectivity index (χ0n) is 14.9. The maximum Gasteiger partial charge on any atom is 0.331 e. The Morgan fingerprint density at radius 1 is 1.03 bits per heavy atom. The number of aromatic hydroxyl groups is 2. The normalized spacial score (nSPS) is 17.4. The fourth-order valence-corrected chi connectivity index (χ4v) is 2.99. The molecule has 10 heteroatoms. The van der Waals surface area contributed by atoms with Crippen LogP contribution in [0.5, 0.6) is 11.5 Å². The maximum absolute atomic E-state index is 12.4. The van der Waals surface area contributed by atoms with E-state index in [0.717, 1.165) is 4.90 Å². The monoisotopic (exact) mass is 399 g/mol. The summed E-state index contributed by atoms with van der Waals surface area (Å²) >= 11 is 0. The van der Waals surface area contributed by atoms with Gasteiger partial charge in [0, 0.05) is 5.56 Å². The Kier molecular flexibility index (Phi) is 5.35. The van der Waals surface area contributed by atoms with Crippen LogP contribution in [0.3, 0.4) is 0 Å². The number of phenols is 2. The average Bonchev–Trinajstić information content (AvgIpc) is 2.69. The number of β-lactam (4-membered cyclic amide) rings is 1. The van der Waals surface area contributed by atoms with Crippen molar-refractivity contribution in [3.05, 3.63) is 59.7 Å². The smallest absolute Gasteiger partial charge is 0.331 e. The number of nitrogens with one attached hydrogen (secondary N) is 1. The molecule has 0 saturated carbocycles. The summed E-state index contributed by atoms with van der Waals surface area (Å²) in [7, 11) is 0. The number of rotatable bonds is 6. The Morgan fingerprint density at radius 2 is 1.59 bits per heavy atom. The number of benzene rings is 2. The molecule has 2 aromatic carbocycles. The molecule has 1 unspecified atom stereocenters. The van der Waals surface area contributed by atoms with Gasteiger partial charge in [-0.2, -0.15) is 0 Å². The van der Waals surface area contributed by atoms with Crippen molar-refractivity contribution in [1.82, 2.24) is 10.2 Å². The minimum atomic E-state index is -1.26. The molecule has 0 aliphatic carbocycles. The van der Waals surface area contributed by atoms with Gasteiger partial charge in [-0.25, -0.2) is 4.79 Å². The molecule has 29 heavy (non-hydrogen) atoms. The summed E-state index contributed by atoms with van der Waals surface area (Å²) in [6.07, 6.45) is 0. The summed E-state index contributed by atoms with van der Waals surface area (Å²) in [6, 6.07) is 8.53. The number of aliphatic carboxylic acids is 1. The van der Waals surface area contributed by atoms with Crippen LogP contribution in [0.4, 0.5) is 0 Å². The Hall–Kier alpha value is -4.08. The summed E-state index contributed by atoms with van der Waals surface area (Å²) in [5.74, 6) is -2.77. The third-order valence-corrected chi connectivity index (χ3v) is 4.48. The van der Waals surface area contributed by atoms with E-state index in [1.807, 2.05) is 0 Å². The molecule has 5 N–H and O–H groups in total. The van der Waals surface area contributed by atoms with Crippen LogP contribution in [0.2, 0.25) is 0 Å². The SMILES string of the molecule is O=C(N[C@H]1CN(C(C(=O)O)c2ccc(O)cc2)C1=O)/C(=N/O)c1ccc(O)cc1. The van der Waals surface area contributed by atoms with Gasteiger partial charge in [-0.15, -0.1) is 0 Å². The van der Waals surface area contributed by atoms with E-state index in [-0.39, 0.29) is 29.3 Å². The van der Waals surface area contributed by atoms with E-state index in [2.05, 4.69) is 10.5 Å². The number of carbonyl (C=O) groups excluding carboxylic acids is 2. The highest BCUT2D eigenvalue weighted by Gasteiger charge is 2.45. The van der Waals surface area contributed by atoms with Crippen molar-refractivity contribution in [3.63, 3.8) is 0 Å². The number of hydrogen-bond acceptors (Lipinski definition) is 7. The van der Waals surface area contributed by atoms with Crippen LogP contribution in [0.1, 0.15) is 17.2 Å². The third-order valence-electron chi connectivity index (χ3n) is 4.48. The minimum Gasteiger partial charge on any atom is -0.508 e. The topological polar surface area (TPSA) is 160 Å². The number of likely N-dealkylation sites (tertiary alicyclic amines) is 1. The van der Waals surface area contributed by atoms with E-state index >= 15 is 0 Å². The van der Waals surface area contributed by atoms with Crippen molar-refractivity contribution >= 4 is 23.5 Å². The van der Waals surface area contributed by atoms with Crippen molar-refractivity contribution < 1.29 is 34.9 Å². The second kappa shape index (κ2) is 7.89. The molecule has 3 rings (SSSR count). The molecule has 1 aliphatic heterocycles. The van der Waals surface area contributed by atoms with E-state index in [9.17, 15) is 29.7 Å². The van der Waals surface area contributed by atoms with Crippen molar-refractivity contribution in [1.29, 1.82) is 0 Å². The Morgan fingerprint density at radius 3 is 2.07 bits per heavy atom. The zero-order chi connectivity index (χ0) is 21.1. The lowest BCUT2D eigenvalue weighted by Gasteiger charge is -2.42. The van der Waals surface area contributed by atoms with Gasteiger partial charge in [0.1, 0.15) is 17.5 Å². The fraction of sp³-hybridized carbons (Fsp3) is 0.158. The molecule has 0 spiro atoms. The summed E-state index contributed by atoms with van der Waals surface area (Å²) < 4.78 is 0. The molecule has 1 fully saturated rings. The van der Waals surface area contributed by atoms with Crippen LogP contribution >= 0.6 is 0 Å². The highest BCUT2D eigenvalue weighted by molar-refractivity contribution is 6.45. The maximum atomic E-state index is 12.4. The molecular weight excluding hydrogens is 382 g/mol. The number of carboxylic acids is 1. The lowest BCUT2D eigenvalue weighted by Crippen LogP contribution is -2.66. The van der Waals surface area contributed by atoms with Gasteiger partial charge in [-0.1, -0.05) is 17.3 Å². The first-order chi connectivity index (χ1) is 13.8. The number of oxime groups is 1. The Labute approximate surface area is 164 Å². The molecule has 0 aromatic heterocycles. The van der Waals surface area contributed by atoms with Crippen LogP contribution in [0.15, 0.2) is 53.7 Å². The molecule has 1 saturated heterocycles. The van der Waals surface area contributed by atoms with Crippen molar-refractivity contribution in [2.24, 2.45) is 5.16 Å². The molecule has 2 atom stereocenters. The van der Waals surface area contributed by atoms with Crippen LogP contribution in [-0.2, 0) is 14.4 Å². The number of hydrogen-bond donors (Lipinski definition) is 5. The highest BCUT2D eigenvalue weighted by atomic mass is 16.4. The van der Waals surface area contributed by atoms with Gasteiger partial charge in [-0.3, -0.25) is 9.59 Å². The quantitative estimate of drug-likeness (QED) is 0.204. The van der Waals surface area contributed by atoms with Gasteiger partial charge in [0.05, 0.1) is 6.54 Å². The lowest BCUT2D eigenvalue weighted by atomic mass is 9.97. The first kappa shape index (κ1) is 19.7. The average molecular weight is 399 g/mol.